The Kier molecular flexibility index (Phi) is 8.38. The van der Waals surface area contributed by atoms with Crippen molar-refractivity contribution < 1.29 is 4.84 Å². The summed E-state index contributed by atoms with van der Waals surface area (Å²) in [7, 11) is 0. The maximum absolute atomic E-state index is 5.69. The summed E-state index contributed by atoms with van der Waals surface area (Å²) >= 11 is 0. The molecule has 8 rings (SSSR count). The molecular weight excluding hydrogens is 585 g/mol. The van der Waals surface area contributed by atoms with Crippen LogP contribution in [0.25, 0.3) is 44.1 Å². The minimum absolute atomic E-state index is 0.587. The van der Waals surface area contributed by atoms with Crippen molar-refractivity contribution >= 4 is 27.5 Å². The summed E-state index contributed by atoms with van der Waals surface area (Å²) in [6.07, 6.45) is 9.50. The second kappa shape index (κ2) is 13.1. The van der Waals surface area contributed by atoms with Gasteiger partial charge in [0.2, 0.25) is 0 Å². The van der Waals surface area contributed by atoms with Gasteiger partial charge in [0.05, 0.1) is 5.71 Å². The highest BCUT2D eigenvalue weighted by Gasteiger charge is 2.25. The third kappa shape index (κ3) is 5.53. The normalized spacial score (nSPS) is 14.6. The Morgan fingerprint density at radius 2 is 1.56 bits per heavy atom. The lowest BCUT2D eigenvalue weighted by molar-refractivity contribution is 0.158. The molecule has 0 unspecified atom stereocenters. The van der Waals surface area contributed by atoms with Gasteiger partial charge in [0.1, 0.15) is 6.61 Å². The van der Waals surface area contributed by atoms with Crippen molar-refractivity contribution in [3.63, 3.8) is 0 Å². The third-order valence-electron chi connectivity index (χ3n) is 11.1. The van der Waals surface area contributed by atoms with Crippen LogP contribution in [-0.4, -0.2) is 16.9 Å². The zero-order valence-electron chi connectivity index (χ0n) is 28.7. The molecular formula is C45H46N2O. The van der Waals surface area contributed by atoms with E-state index in [4.69, 9.17) is 4.84 Å². The van der Waals surface area contributed by atoms with Crippen LogP contribution in [-0.2, 0) is 24.2 Å². The van der Waals surface area contributed by atoms with E-state index in [0.717, 1.165) is 37.4 Å². The van der Waals surface area contributed by atoms with Gasteiger partial charge in [-0.15, -0.1) is 0 Å². The quantitative estimate of drug-likeness (QED) is 0.109. The zero-order chi connectivity index (χ0) is 32.6. The van der Waals surface area contributed by atoms with E-state index in [-0.39, 0.29) is 0 Å². The average molecular weight is 631 g/mol. The fraction of sp³-hybridized carbons (Fsp3) is 0.311. The van der Waals surface area contributed by atoms with Crippen molar-refractivity contribution in [3.8, 4) is 22.3 Å². The molecule has 6 aromatic rings. The minimum Gasteiger partial charge on any atom is -0.396 e. The molecule has 0 bridgehead atoms. The van der Waals surface area contributed by atoms with E-state index in [1.54, 1.807) is 0 Å². The van der Waals surface area contributed by atoms with E-state index in [1.807, 2.05) is 6.92 Å². The summed E-state index contributed by atoms with van der Waals surface area (Å²) in [5, 5.41) is 7.29. The predicted octanol–water partition coefficient (Wildman–Crippen LogP) is 11.7. The molecule has 0 radical (unpaired) electrons. The Labute approximate surface area is 285 Å². The Morgan fingerprint density at radius 1 is 0.792 bits per heavy atom. The van der Waals surface area contributed by atoms with Crippen LogP contribution in [0.3, 0.4) is 0 Å². The van der Waals surface area contributed by atoms with Crippen LogP contribution in [0, 0.1) is 12.8 Å². The van der Waals surface area contributed by atoms with Crippen LogP contribution < -0.4 is 0 Å². The number of nitrogens with zero attached hydrogens (tertiary/aromatic N) is 2. The number of hydrogen-bond donors (Lipinski definition) is 0. The molecule has 0 atom stereocenters. The average Bonchev–Trinajstić information content (AvgIpc) is 3.85. The lowest BCUT2D eigenvalue weighted by Gasteiger charge is -2.17. The van der Waals surface area contributed by atoms with Crippen LogP contribution >= 0.6 is 0 Å². The molecule has 2 aliphatic carbocycles. The van der Waals surface area contributed by atoms with Crippen LogP contribution in [0.2, 0.25) is 0 Å². The molecule has 5 aromatic carbocycles. The molecule has 242 valence electrons. The number of fused-ring (bicyclic) bond motifs is 6. The largest absolute Gasteiger partial charge is 0.396 e. The molecule has 1 heterocycles. The summed E-state index contributed by atoms with van der Waals surface area (Å²) in [5.41, 5.74) is 17.3. The molecule has 48 heavy (non-hydrogen) atoms. The van der Waals surface area contributed by atoms with Gasteiger partial charge in [-0.1, -0.05) is 104 Å². The number of rotatable bonds is 10. The third-order valence-corrected chi connectivity index (χ3v) is 11.1. The molecule has 0 amide bonds. The smallest absolute Gasteiger partial charge is 0.114 e. The van der Waals surface area contributed by atoms with E-state index in [0.29, 0.717) is 6.61 Å². The first kappa shape index (κ1) is 30.7. The Balaban J connectivity index is 1.28. The molecule has 0 saturated heterocycles. The highest BCUT2D eigenvalue weighted by molar-refractivity contribution is 6.13. The highest BCUT2D eigenvalue weighted by Crippen LogP contribution is 2.45. The highest BCUT2D eigenvalue weighted by atomic mass is 16.6. The molecule has 1 saturated carbocycles. The molecule has 3 heteroatoms. The maximum atomic E-state index is 5.69. The predicted molar refractivity (Wildman–Crippen MR) is 202 cm³/mol. The zero-order valence-corrected chi connectivity index (χ0v) is 28.7. The topological polar surface area (TPSA) is 26.5 Å². The van der Waals surface area contributed by atoms with Gasteiger partial charge in [-0.3, -0.25) is 0 Å². The summed E-state index contributed by atoms with van der Waals surface area (Å²) in [6, 6.07) is 36.7. The van der Waals surface area contributed by atoms with Crippen LogP contribution in [0.15, 0.2) is 102 Å². The molecule has 1 aromatic heterocycles. The van der Waals surface area contributed by atoms with Crippen LogP contribution in [0.4, 0.5) is 0 Å². The van der Waals surface area contributed by atoms with Gasteiger partial charge in [-0.2, -0.15) is 0 Å². The van der Waals surface area contributed by atoms with E-state index in [9.17, 15) is 0 Å². The first-order valence-corrected chi connectivity index (χ1v) is 18.2. The molecule has 0 spiro atoms. The number of benzene rings is 5. The molecule has 3 nitrogen and oxygen atoms in total. The van der Waals surface area contributed by atoms with Crippen LogP contribution in [0.1, 0.15) is 85.8 Å². The van der Waals surface area contributed by atoms with Gasteiger partial charge in [0.15, 0.2) is 0 Å². The summed E-state index contributed by atoms with van der Waals surface area (Å²) < 4.78 is 2.47. The molecule has 2 aliphatic rings. The summed E-state index contributed by atoms with van der Waals surface area (Å²) in [4.78, 5) is 5.69. The van der Waals surface area contributed by atoms with Crippen molar-refractivity contribution in [2.75, 3.05) is 6.61 Å². The minimum atomic E-state index is 0.587. The van der Waals surface area contributed by atoms with Gasteiger partial charge < -0.3 is 9.40 Å². The van der Waals surface area contributed by atoms with Gasteiger partial charge in [0, 0.05) is 33.9 Å². The van der Waals surface area contributed by atoms with Gasteiger partial charge in [-0.25, -0.2) is 0 Å². The van der Waals surface area contributed by atoms with Crippen molar-refractivity contribution in [3.05, 3.63) is 130 Å². The standard InChI is InChI=1S/C45H46N2O/c1-4-47-43-24-20-34(42(46-48-5-2)23-18-31-13-7-8-14-31)28-39(43)40-29-36(21-25-44(40)47)45-35(26-32-15-9-6-12-30(32)3)19-22-38-37-17-11-10-16-33(37)27-41(38)45/h6,9-12,15-17,19-22,24-25,28-29,31H,4-5,7-8,13-14,18,23,26-27H2,1-3H3. The van der Waals surface area contributed by atoms with Crippen molar-refractivity contribution in [1.29, 1.82) is 0 Å². The molecule has 0 N–H and O–H groups in total. The lowest BCUT2D eigenvalue weighted by Crippen LogP contribution is -2.06. The van der Waals surface area contributed by atoms with Gasteiger partial charge in [-0.05, 0) is 127 Å². The van der Waals surface area contributed by atoms with E-state index >= 15 is 0 Å². The van der Waals surface area contributed by atoms with Crippen LogP contribution in [0.5, 0.6) is 0 Å². The Morgan fingerprint density at radius 3 is 2.38 bits per heavy atom. The maximum Gasteiger partial charge on any atom is 0.114 e. The summed E-state index contributed by atoms with van der Waals surface area (Å²) in [5.74, 6) is 0.817. The van der Waals surface area contributed by atoms with Crippen molar-refractivity contribution in [1.82, 2.24) is 4.57 Å². The molecule has 1 fully saturated rings. The fourth-order valence-corrected chi connectivity index (χ4v) is 8.59. The summed E-state index contributed by atoms with van der Waals surface area (Å²) in [6.45, 7) is 8.02. The van der Waals surface area contributed by atoms with Crippen molar-refractivity contribution in [2.24, 2.45) is 11.1 Å². The van der Waals surface area contributed by atoms with E-state index in [1.165, 1.54) is 110 Å². The Bertz CT molecular complexity index is 2160. The number of aromatic nitrogens is 1. The first-order valence-electron chi connectivity index (χ1n) is 18.2. The number of hydrogen-bond acceptors (Lipinski definition) is 2. The number of aryl methyl sites for hydroxylation is 2. The monoisotopic (exact) mass is 630 g/mol. The SMILES string of the molecule is CCON=C(CCC1CCCC1)c1ccc2c(c1)c1cc(-c3c(Cc4ccccc4C)ccc4c3Cc3ccccc3-4)ccc1n2CC. The van der Waals surface area contributed by atoms with Gasteiger partial charge in [0.25, 0.3) is 0 Å². The second-order valence-corrected chi connectivity index (χ2v) is 13.9. The fourth-order valence-electron chi connectivity index (χ4n) is 8.59. The molecule has 0 aliphatic heterocycles. The number of oxime groups is 1. The Hall–Kier alpha value is -4.63. The van der Waals surface area contributed by atoms with Crippen molar-refractivity contribution in [2.45, 2.75) is 78.7 Å². The van der Waals surface area contributed by atoms with E-state index in [2.05, 4.69) is 121 Å². The van der Waals surface area contributed by atoms with E-state index < -0.39 is 0 Å². The van der Waals surface area contributed by atoms with Gasteiger partial charge >= 0.3 is 0 Å². The first-order chi connectivity index (χ1) is 23.6. The lowest BCUT2D eigenvalue weighted by atomic mass is 9.87. The second-order valence-electron chi connectivity index (χ2n) is 13.9.